The van der Waals surface area contributed by atoms with Gasteiger partial charge in [-0.25, -0.2) is 4.98 Å². The van der Waals surface area contributed by atoms with E-state index in [4.69, 9.17) is 9.40 Å². The fourth-order valence-electron chi connectivity index (χ4n) is 4.38. The number of rotatable bonds is 4. The van der Waals surface area contributed by atoms with Crippen molar-refractivity contribution in [1.29, 1.82) is 0 Å². The molecule has 1 atom stereocenters. The lowest BCUT2D eigenvalue weighted by atomic mass is 9.98. The maximum Gasteiger partial charge on any atom is 0.227 e. The molecule has 0 saturated carbocycles. The molecule has 4 aromatic rings. The van der Waals surface area contributed by atoms with Crippen LogP contribution >= 0.6 is 0 Å². The number of piperidine rings is 1. The number of hydrogen-bond donors (Lipinski definition) is 0. The van der Waals surface area contributed by atoms with Crippen LogP contribution in [-0.2, 0) is 6.54 Å². The van der Waals surface area contributed by atoms with Gasteiger partial charge in [-0.2, -0.15) is 0 Å². The van der Waals surface area contributed by atoms with E-state index >= 15 is 0 Å². The van der Waals surface area contributed by atoms with E-state index in [9.17, 15) is 0 Å². The van der Waals surface area contributed by atoms with Crippen molar-refractivity contribution in [3.8, 4) is 11.5 Å². The number of fused-ring (bicyclic) bond motifs is 1. The van der Waals surface area contributed by atoms with Crippen molar-refractivity contribution in [2.75, 3.05) is 6.54 Å². The minimum Gasteiger partial charge on any atom is -0.441 e. The molecule has 1 saturated heterocycles. The van der Waals surface area contributed by atoms with Gasteiger partial charge in [-0.3, -0.25) is 9.88 Å². The van der Waals surface area contributed by atoms with Crippen molar-refractivity contribution in [3.63, 3.8) is 0 Å². The standard InChI is InChI=1S/C25H25N3O/c1-18-23(17-28-16-7-5-14-24(28)22-13-4-6-15-26-22)27-25(29-18)21-12-8-10-19-9-2-3-11-20(19)21/h2-4,6,8-13,15,24H,5,7,14,16-17H2,1H3. The molecule has 0 N–H and O–H groups in total. The van der Waals surface area contributed by atoms with Gasteiger partial charge < -0.3 is 4.42 Å². The topological polar surface area (TPSA) is 42.2 Å². The zero-order valence-corrected chi connectivity index (χ0v) is 16.7. The zero-order chi connectivity index (χ0) is 19.6. The van der Waals surface area contributed by atoms with Crippen LogP contribution in [0.4, 0.5) is 0 Å². The van der Waals surface area contributed by atoms with Crippen molar-refractivity contribution in [3.05, 3.63) is 84.0 Å². The Morgan fingerprint density at radius 2 is 1.86 bits per heavy atom. The summed E-state index contributed by atoms with van der Waals surface area (Å²) in [5.41, 5.74) is 3.23. The van der Waals surface area contributed by atoms with E-state index < -0.39 is 0 Å². The highest BCUT2D eigenvalue weighted by Crippen LogP contribution is 2.33. The molecule has 1 aliphatic rings. The van der Waals surface area contributed by atoms with E-state index in [1.165, 1.54) is 23.6 Å². The highest BCUT2D eigenvalue weighted by atomic mass is 16.4. The van der Waals surface area contributed by atoms with Crippen LogP contribution in [0.25, 0.3) is 22.2 Å². The largest absolute Gasteiger partial charge is 0.441 e. The fraction of sp³-hybridized carbons (Fsp3) is 0.280. The molecule has 1 unspecified atom stereocenters. The molecule has 4 heteroatoms. The number of benzene rings is 2. The summed E-state index contributed by atoms with van der Waals surface area (Å²) in [5.74, 6) is 1.61. The maximum absolute atomic E-state index is 6.14. The van der Waals surface area contributed by atoms with Gasteiger partial charge in [-0.05, 0) is 55.3 Å². The van der Waals surface area contributed by atoms with Gasteiger partial charge in [-0.1, -0.05) is 48.9 Å². The Morgan fingerprint density at radius 1 is 1.00 bits per heavy atom. The fourth-order valence-corrected chi connectivity index (χ4v) is 4.38. The number of aromatic nitrogens is 2. The Kier molecular flexibility index (Phi) is 4.86. The minimum absolute atomic E-state index is 0.349. The first-order valence-corrected chi connectivity index (χ1v) is 10.4. The molecule has 0 bridgehead atoms. The predicted octanol–water partition coefficient (Wildman–Crippen LogP) is 5.93. The molecule has 2 aromatic heterocycles. The third-order valence-electron chi connectivity index (χ3n) is 5.91. The summed E-state index contributed by atoms with van der Waals surface area (Å²) in [4.78, 5) is 12.0. The van der Waals surface area contributed by atoms with E-state index in [2.05, 4.69) is 64.5 Å². The minimum atomic E-state index is 0.349. The highest BCUT2D eigenvalue weighted by Gasteiger charge is 2.26. The lowest BCUT2D eigenvalue weighted by Crippen LogP contribution is -2.33. The van der Waals surface area contributed by atoms with Crippen LogP contribution < -0.4 is 0 Å². The summed E-state index contributed by atoms with van der Waals surface area (Å²) in [5, 5.41) is 2.38. The van der Waals surface area contributed by atoms with Gasteiger partial charge in [0.2, 0.25) is 5.89 Å². The van der Waals surface area contributed by atoms with E-state index in [1.807, 2.05) is 19.2 Å². The number of likely N-dealkylation sites (tertiary alicyclic amines) is 1. The summed E-state index contributed by atoms with van der Waals surface area (Å²) in [6.07, 6.45) is 5.50. The van der Waals surface area contributed by atoms with E-state index in [0.29, 0.717) is 11.9 Å². The van der Waals surface area contributed by atoms with Crippen molar-refractivity contribution >= 4 is 10.8 Å². The van der Waals surface area contributed by atoms with Crippen molar-refractivity contribution in [1.82, 2.24) is 14.9 Å². The number of aryl methyl sites for hydroxylation is 1. The van der Waals surface area contributed by atoms with E-state index in [0.717, 1.165) is 42.2 Å². The lowest BCUT2D eigenvalue weighted by molar-refractivity contribution is 0.135. The summed E-state index contributed by atoms with van der Waals surface area (Å²) < 4.78 is 6.14. The second-order valence-corrected chi connectivity index (χ2v) is 7.79. The molecule has 0 radical (unpaired) electrons. The van der Waals surface area contributed by atoms with E-state index in [-0.39, 0.29) is 0 Å². The quantitative estimate of drug-likeness (QED) is 0.438. The monoisotopic (exact) mass is 383 g/mol. The Bertz CT molecular complexity index is 1110. The van der Waals surface area contributed by atoms with Crippen LogP contribution in [-0.4, -0.2) is 21.4 Å². The molecule has 1 aliphatic heterocycles. The van der Waals surface area contributed by atoms with Crippen LogP contribution in [0.5, 0.6) is 0 Å². The Morgan fingerprint density at radius 3 is 2.76 bits per heavy atom. The molecule has 146 valence electrons. The van der Waals surface area contributed by atoms with Crippen LogP contribution in [0, 0.1) is 6.92 Å². The van der Waals surface area contributed by atoms with Gasteiger partial charge in [0.15, 0.2) is 0 Å². The molecule has 0 aliphatic carbocycles. The first kappa shape index (κ1) is 18.1. The zero-order valence-electron chi connectivity index (χ0n) is 16.7. The van der Waals surface area contributed by atoms with Crippen molar-refractivity contribution in [2.45, 2.75) is 38.8 Å². The van der Waals surface area contributed by atoms with Gasteiger partial charge >= 0.3 is 0 Å². The number of pyridine rings is 1. The smallest absolute Gasteiger partial charge is 0.227 e. The first-order valence-electron chi connectivity index (χ1n) is 10.4. The predicted molar refractivity (Wildman–Crippen MR) is 115 cm³/mol. The van der Waals surface area contributed by atoms with Gasteiger partial charge in [0, 0.05) is 18.3 Å². The Hall–Kier alpha value is -2.98. The third-order valence-corrected chi connectivity index (χ3v) is 5.91. The molecule has 1 fully saturated rings. The molecular weight excluding hydrogens is 358 g/mol. The normalized spacial score (nSPS) is 17.6. The maximum atomic E-state index is 6.14. The van der Waals surface area contributed by atoms with Crippen molar-refractivity contribution in [2.24, 2.45) is 0 Å². The molecule has 2 aromatic carbocycles. The van der Waals surface area contributed by atoms with Crippen LogP contribution in [0.3, 0.4) is 0 Å². The van der Waals surface area contributed by atoms with Crippen molar-refractivity contribution < 1.29 is 4.42 Å². The summed E-state index contributed by atoms with van der Waals surface area (Å²) in [6.45, 7) is 3.88. The van der Waals surface area contributed by atoms with E-state index in [1.54, 1.807) is 0 Å². The van der Waals surface area contributed by atoms with Gasteiger partial charge in [-0.15, -0.1) is 0 Å². The second-order valence-electron chi connectivity index (χ2n) is 7.79. The summed E-state index contributed by atoms with van der Waals surface area (Å²) >= 11 is 0. The molecule has 0 spiro atoms. The molecule has 29 heavy (non-hydrogen) atoms. The lowest BCUT2D eigenvalue weighted by Gasteiger charge is -2.34. The molecule has 5 rings (SSSR count). The Labute approximate surface area is 171 Å². The average Bonchev–Trinajstić information content (AvgIpc) is 3.14. The molecule has 0 amide bonds. The summed E-state index contributed by atoms with van der Waals surface area (Å²) in [7, 11) is 0. The number of hydrogen-bond acceptors (Lipinski definition) is 4. The number of nitrogens with zero attached hydrogens (tertiary/aromatic N) is 3. The van der Waals surface area contributed by atoms with Gasteiger partial charge in [0.1, 0.15) is 5.76 Å². The van der Waals surface area contributed by atoms with Gasteiger partial charge in [0.05, 0.1) is 17.4 Å². The molecule has 4 nitrogen and oxygen atoms in total. The number of oxazole rings is 1. The van der Waals surface area contributed by atoms with Crippen LogP contribution in [0.1, 0.15) is 42.5 Å². The first-order chi connectivity index (χ1) is 14.3. The second kappa shape index (κ2) is 7.80. The van der Waals surface area contributed by atoms with Gasteiger partial charge in [0.25, 0.3) is 0 Å². The average molecular weight is 383 g/mol. The van der Waals surface area contributed by atoms with Crippen LogP contribution in [0.15, 0.2) is 71.3 Å². The Balaban J connectivity index is 1.46. The summed E-state index contributed by atoms with van der Waals surface area (Å²) in [6, 6.07) is 21.2. The highest BCUT2D eigenvalue weighted by molar-refractivity contribution is 5.94. The molecular formula is C25H25N3O. The third kappa shape index (κ3) is 3.56. The molecule has 3 heterocycles. The SMILES string of the molecule is Cc1oc(-c2cccc3ccccc23)nc1CN1CCCCC1c1ccccn1. The van der Waals surface area contributed by atoms with Crippen LogP contribution in [0.2, 0.25) is 0 Å².